The number of nitrogens with zero attached hydrogens (tertiary/aromatic N) is 3. The van der Waals surface area contributed by atoms with Crippen molar-refractivity contribution in [1.82, 2.24) is 14.4 Å². The van der Waals surface area contributed by atoms with E-state index in [1.54, 1.807) is 29.6 Å². The molecule has 3 aliphatic rings. The minimum atomic E-state index is -0.576. The number of carbonyl (C=O) groups is 2. The van der Waals surface area contributed by atoms with Crippen molar-refractivity contribution < 1.29 is 9.59 Å². The molecule has 5 rings (SSSR count). The summed E-state index contributed by atoms with van der Waals surface area (Å²) in [5.74, 6) is -0.122. The molecular weight excluding hydrogens is 392 g/mol. The van der Waals surface area contributed by atoms with E-state index in [2.05, 4.69) is 11.4 Å². The molecule has 7 heteroatoms. The third kappa shape index (κ3) is 3.23. The maximum absolute atomic E-state index is 13.6. The van der Waals surface area contributed by atoms with Crippen molar-refractivity contribution in [3.63, 3.8) is 0 Å². The molecule has 1 fully saturated rings. The highest BCUT2D eigenvalue weighted by molar-refractivity contribution is 6.00. The quantitative estimate of drug-likeness (QED) is 0.808. The lowest BCUT2D eigenvalue weighted by Gasteiger charge is -2.46. The second kappa shape index (κ2) is 7.55. The van der Waals surface area contributed by atoms with Crippen molar-refractivity contribution in [2.24, 2.45) is 5.92 Å². The van der Waals surface area contributed by atoms with Gasteiger partial charge in [0, 0.05) is 57.3 Å². The number of aryl methyl sites for hydroxylation is 1. The monoisotopic (exact) mass is 420 g/mol. The fourth-order valence-electron chi connectivity index (χ4n) is 5.54. The van der Waals surface area contributed by atoms with E-state index in [0.717, 1.165) is 37.2 Å². The first-order valence-corrected chi connectivity index (χ1v) is 11.0. The van der Waals surface area contributed by atoms with Crippen molar-refractivity contribution in [2.75, 3.05) is 39.0 Å². The molecule has 3 aliphatic heterocycles. The number of amides is 2. The number of aromatic nitrogens is 1. The highest BCUT2D eigenvalue weighted by atomic mass is 16.2. The molecule has 0 saturated carbocycles. The zero-order valence-electron chi connectivity index (χ0n) is 18.0. The average Bonchev–Trinajstić information content (AvgIpc) is 2.78. The fraction of sp³-hybridized carbons (Fsp3) is 0.458. The molecule has 4 heterocycles. The van der Waals surface area contributed by atoms with Crippen LogP contribution in [0.5, 0.6) is 0 Å². The third-order valence-corrected chi connectivity index (χ3v) is 6.93. The Labute approximate surface area is 181 Å². The molecule has 31 heavy (non-hydrogen) atoms. The molecule has 1 N–H and O–H groups in total. The van der Waals surface area contributed by atoms with Crippen molar-refractivity contribution in [2.45, 2.75) is 31.2 Å². The van der Waals surface area contributed by atoms with Crippen LogP contribution in [0.25, 0.3) is 0 Å². The van der Waals surface area contributed by atoms with E-state index in [4.69, 9.17) is 0 Å². The van der Waals surface area contributed by atoms with E-state index in [9.17, 15) is 14.4 Å². The normalized spacial score (nSPS) is 23.9. The summed E-state index contributed by atoms with van der Waals surface area (Å²) in [6.45, 7) is 1.91. The van der Waals surface area contributed by atoms with Gasteiger partial charge in [0.25, 0.3) is 11.5 Å². The minimum Gasteiger partial charge on any atom is -0.384 e. The molecule has 2 aromatic rings. The summed E-state index contributed by atoms with van der Waals surface area (Å²) in [5.41, 5.74) is 3.56. The van der Waals surface area contributed by atoms with Gasteiger partial charge in [0.2, 0.25) is 5.91 Å². The number of rotatable bonds is 2. The Hall–Kier alpha value is -3.09. The Bertz CT molecular complexity index is 1110. The largest absolute Gasteiger partial charge is 0.384 e. The van der Waals surface area contributed by atoms with Gasteiger partial charge in [-0.05, 0) is 37.0 Å². The molecule has 0 spiro atoms. The standard InChI is InChI=1S/C24H28N4O3/c1-26(2)24(31)22-17-12-16(19-9-4-10-20(29)28(19)22)13-27(14-17)23(30)18-8-3-6-15-7-5-11-25-21(15)18/h3-4,6,8-10,16-17,22,25H,5,7,11-14H2,1-2H3/t16-,17+,22-/m1/s1. The van der Waals surface area contributed by atoms with Crippen LogP contribution in [0, 0.1) is 5.92 Å². The van der Waals surface area contributed by atoms with Crippen LogP contribution < -0.4 is 10.9 Å². The number of piperidine rings is 1. The first kappa shape index (κ1) is 19.8. The number of para-hydroxylation sites is 1. The maximum Gasteiger partial charge on any atom is 0.255 e. The molecule has 2 amide bonds. The molecule has 3 atom stereocenters. The third-order valence-electron chi connectivity index (χ3n) is 6.93. The van der Waals surface area contributed by atoms with Crippen molar-refractivity contribution in [3.8, 4) is 0 Å². The molecule has 2 bridgehead atoms. The van der Waals surface area contributed by atoms with Gasteiger partial charge in [0.1, 0.15) is 6.04 Å². The molecule has 7 nitrogen and oxygen atoms in total. The Balaban J connectivity index is 1.53. The summed E-state index contributed by atoms with van der Waals surface area (Å²) in [6.07, 6.45) is 2.85. The lowest BCUT2D eigenvalue weighted by Crippen LogP contribution is -2.54. The van der Waals surface area contributed by atoms with Crippen LogP contribution in [-0.2, 0) is 11.2 Å². The SMILES string of the molecule is CN(C)C(=O)[C@H]1[C@H]2C[C@H](CN(C(=O)c3cccc4c3NCCC4)C2)c2cccc(=O)n21. The highest BCUT2D eigenvalue weighted by Crippen LogP contribution is 2.42. The zero-order valence-corrected chi connectivity index (χ0v) is 18.0. The fourth-order valence-corrected chi connectivity index (χ4v) is 5.54. The lowest BCUT2D eigenvalue weighted by atomic mass is 9.77. The minimum absolute atomic E-state index is 0.00345. The van der Waals surface area contributed by atoms with Crippen molar-refractivity contribution in [1.29, 1.82) is 0 Å². The van der Waals surface area contributed by atoms with Gasteiger partial charge < -0.3 is 15.1 Å². The van der Waals surface area contributed by atoms with Crippen molar-refractivity contribution in [3.05, 3.63) is 63.6 Å². The van der Waals surface area contributed by atoms with Gasteiger partial charge in [0.15, 0.2) is 0 Å². The molecule has 0 radical (unpaired) electrons. The van der Waals surface area contributed by atoms with Crippen LogP contribution in [0.3, 0.4) is 0 Å². The molecular formula is C24H28N4O3. The van der Waals surface area contributed by atoms with Crippen LogP contribution in [0.2, 0.25) is 0 Å². The van der Waals surface area contributed by atoms with Gasteiger partial charge in [-0.15, -0.1) is 0 Å². The summed E-state index contributed by atoms with van der Waals surface area (Å²) in [6, 6.07) is 10.6. The average molecular weight is 421 g/mol. The maximum atomic E-state index is 13.6. The first-order chi connectivity index (χ1) is 15.0. The molecule has 1 aromatic carbocycles. The summed E-state index contributed by atoms with van der Waals surface area (Å²) in [5, 5.41) is 3.41. The number of likely N-dealkylation sites (N-methyl/N-ethyl adjacent to an activating group) is 1. The van der Waals surface area contributed by atoms with Gasteiger partial charge in [-0.1, -0.05) is 18.2 Å². The smallest absolute Gasteiger partial charge is 0.255 e. The number of pyridine rings is 1. The Morgan fingerprint density at radius 2 is 1.90 bits per heavy atom. The van der Waals surface area contributed by atoms with E-state index in [-0.39, 0.29) is 29.2 Å². The molecule has 1 aromatic heterocycles. The Morgan fingerprint density at radius 1 is 1.10 bits per heavy atom. The number of carbonyl (C=O) groups excluding carboxylic acids is 2. The number of anilines is 1. The first-order valence-electron chi connectivity index (χ1n) is 11.0. The number of benzene rings is 1. The summed E-state index contributed by atoms with van der Waals surface area (Å²) >= 11 is 0. The van der Waals surface area contributed by atoms with Gasteiger partial charge >= 0.3 is 0 Å². The zero-order chi connectivity index (χ0) is 21.7. The van der Waals surface area contributed by atoms with Gasteiger partial charge in [-0.2, -0.15) is 0 Å². The highest BCUT2D eigenvalue weighted by Gasteiger charge is 2.45. The second-order valence-corrected chi connectivity index (χ2v) is 9.11. The van der Waals surface area contributed by atoms with Crippen LogP contribution in [0.15, 0.2) is 41.2 Å². The van der Waals surface area contributed by atoms with Crippen LogP contribution in [-0.4, -0.2) is 59.9 Å². The number of hydrogen-bond donors (Lipinski definition) is 1. The molecule has 0 aliphatic carbocycles. The van der Waals surface area contributed by atoms with E-state index >= 15 is 0 Å². The molecule has 0 unspecified atom stereocenters. The number of hydrogen-bond acceptors (Lipinski definition) is 4. The summed E-state index contributed by atoms with van der Waals surface area (Å²) in [7, 11) is 3.44. The second-order valence-electron chi connectivity index (χ2n) is 9.11. The van der Waals surface area contributed by atoms with Crippen LogP contribution in [0.1, 0.15) is 46.4 Å². The number of likely N-dealkylation sites (tertiary alicyclic amines) is 1. The molecule has 162 valence electrons. The lowest BCUT2D eigenvalue weighted by molar-refractivity contribution is -0.135. The predicted octanol–water partition coefficient (Wildman–Crippen LogP) is 2.10. The van der Waals surface area contributed by atoms with E-state index in [1.165, 1.54) is 11.6 Å². The molecule has 1 saturated heterocycles. The van der Waals surface area contributed by atoms with Gasteiger partial charge in [-0.3, -0.25) is 19.0 Å². The van der Waals surface area contributed by atoms with Crippen LogP contribution in [0.4, 0.5) is 5.69 Å². The number of fused-ring (bicyclic) bond motifs is 5. The topological polar surface area (TPSA) is 74.7 Å². The van der Waals surface area contributed by atoms with E-state index in [1.807, 2.05) is 23.1 Å². The Morgan fingerprint density at radius 3 is 2.71 bits per heavy atom. The van der Waals surface area contributed by atoms with Crippen LogP contribution >= 0.6 is 0 Å². The van der Waals surface area contributed by atoms with Crippen molar-refractivity contribution >= 4 is 17.5 Å². The number of nitrogens with one attached hydrogen (secondary N) is 1. The van der Waals surface area contributed by atoms with Gasteiger partial charge in [-0.25, -0.2) is 0 Å². The summed E-state index contributed by atoms with van der Waals surface area (Å²) in [4.78, 5) is 42.9. The Kier molecular flexibility index (Phi) is 4.84. The van der Waals surface area contributed by atoms with Gasteiger partial charge in [0.05, 0.1) is 11.3 Å². The summed E-state index contributed by atoms with van der Waals surface area (Å²) < 4.78 is 1.68. The predicted molar refractivity (Wildman–Crippen MR) is 118 cm³/mol. The van der Waals surface area contributed by atoms with E-state index in [0.29, 0.717) is 18.7 Å². The van der Waals surface area contributed by atoms with E-state index < -0.39 is 6.04 Å².